The molecule has 1 amide bonds. The number of carbonyl (C=O) groups excluding carboxylic acids is 1. The maximum absolute atomic E-state index is 13.6. The Kier molecular flexibility index (Phi) is 4.90. The number of fused-ring (bicyclic) bond motifs is 1. The molecule has 25 heavy (non-hydrogen) atoms. The number of aliphatic hydroxyl groups is 1. The molecule has 0 atom stereocenters. The van der Waals surface area contributed by atoms with E-state index in [4.69, 9.17) is 0 Å². The quantitative estimate of drug-likeness (QED) is 0.748. The lowest BCUT2D eigenvalue weighted by molar-refractivity contribution is 0.0246. The molecule has 1 aliphatic carbocycles. The minimum Gasteiger partial charge on any atom is -0.388 e. The lowest BCUT2D eigenvalue weighted by Crippen LogP contribution is -2.43. The van der Waals surface area contributed by atoms with E-state index >= 15 is 0 Å². The fourth-order valence-corrected chi connectivity index (χ4v) is 3.54. The van der Waals surface area contributed by atoms with Crippen LogP contribution in [-0.2, 0) is 0 Å². The zero-order valence-corrected chi connectivity index (χ0v) is 14.3. The average molecular weight is 346 g/mol. The number of pyridine rings is 1. The second kappa shape index (κ2) is 6.96. The number of H-pyrrole nitrogens is 1. The summed E-state index contributed by atoms with van der Waals surface area (Å²) in [6.07, 6.45) is 6.68. The number of halogens is 1. The molecule has 2 aromatic rings. The molecule has 3 rings (SSSR count). The first-order chi connectivity index (χ1) is 11.9. The van der Waals surface area contributed by atoms with Crippen molar-refractivity contribution in [1.29, 1.82) is 0 Å². The van der Waals surface area contributed by atoms with Crippen molar-refractivity contribution in [3.63, 3.8) is 0 Å². The molecular formula is C19H23FN2O3. The van der Waals surface area contributed by atoms with Crippen LogP contribution in [0, 0.1) is 12.7 Å². The Morgan fingerprint density at radius 2 is 1.96 bits per heavy atom. The minimum atomic E-state index is -0.918. The van der Waals surface area contributed by atoms with Gasteiger partial charge in [0.25, 0.3) is 5.91 Å². The van der Waals surface area contributed by atoms with E-state index in [-0.39, 0.29) is 17.5 Å². The van der Waals surface area contributed by atoms with Gasteiger partial charge in [-0.3, -0.25) is 9.59 Å². The zero-order chi connectivity index (χ0) is 18.0. The van der Waals surface area contributed by atoms with Crippen molar-refractivity contribution in [2.45, 2.75) is 51.0 Å². The summed E-state index contributed by atoms with van der Waals surface area (Å²) >= 11 is 0. The Bertz CT molecular complexity index is 852. The number of nitrogens with one attached hydrogen (secondary N) is 2. The lowest BCUT2D eigenvalue weighted by Gasteiger charge is -2.26. The number of carbonyl (C=O) groups is 1. The highest BCUT2D eigenvalue weighted by Crippen LogP contribution is 2.26. The van der Waals surface area contributed by atoms with Crippen LogP contribution in [0.25, 0.3) is 10.9 Å². The smallest absolute Gasteiger partial charge is 0.256 e. The maximum atomic E-state index is 13.6. The van der Waals surface area contributed by atoms with Crippen molar-refractivity contribution in [2.24, 2.45) is 0 Å². The molecular weight excluding hydrogens is 323 g/mol. The molecule has 1 saturated carbocycles. The largest absolute Gasteiger partial charge is 0.388 e. The highest BCUT2D eigenvalue weighted by Gasteiger charge is 2.29. The zero-order valence-electron chi connectivity index (χ0n) is 14.3. The van der Waals surface area contributed by atoms with Gasteiger partial charge in [-0.15, -0.1) is 0 Å². The van der Waals surface area contributed by atoms with Crippen molar-refractivity contribution in [3.8, 4) is 0 Å². The Labute approximate surface area is 145 Å². The summed E-state index contributed by atoms with van der Waals surface area (Å²) in [5.41, 5.74) is -0.382. The van der Waals surface area contributed by atoms with Gasteiger partial charge in [0.15, 0.2) is 0 Å². The molecule has 5 nitrogen and oxygen atoms in total. The fraction of sp³-hybridized carbons (Fsp3) is 0.474. The molecule has 1 fully saturated rings. The Morgan fingerprint density at radius 3 is 2.64 bits per heavy atom. The van der Waals surface area contributed by atoms with E-state index in [2.05, 4.69) is 10.3 Å². The molecule has 134 valence electrons. The van der Waals surface area contributed by atoms with Gasteiger partial charge in [-0.1, -0.05) is 25.7 Å². The van der Waals surface area contributed by atoms with Crippen LogP contribution in [0.5, 0.6) is 0 Å². The van der Waals surface area contributed by atoms with Gasteiger partial charge in [0.2, 0.25) is 5.43 Å². The first-order valence-electron chi connectivity index (χ1n) is 8.72. The van der Waals surface area contributed by atoms with Gasteiger partial charge >= 0.3 is 0 Å². The van der Waals surface area contributed by atoms with Crippen molar-refractivity contribution < 1.29 is 14.3 Å². The first-order valence-corrected chi connectivity index (χ1v) is 8.72. The third-order valence-electron chi connectivity index (χ3n) is 5.01. The molecule has 6 heteroatoms. The normalized spacial score (nSPS) is 17.2. The predicted molar refractivity (Wildman–Crippen MR) is 94.2 cm³/mol. The number of aryl methyl sites for hydroxylation is 1. The van der Waals surface area contributed by atoms with Gasteiger partial charge in [0, 0.05) is 18.1 Å². The van der Waals surface area contributed by atoms with Gasteiger partial charge in [0.05, 0.1) is 11.1 Å². The summed E-state index contributed by atoms with van der Waals surface area (Å²) in [4.78, 5) is 27.9. The molecule has 1 aromatic carbocycles. The van der Waals surface area contributed by atoms with Crippen LogP contribution >= 0.6 is 0 Å². The topological polar surface area (TPSA) is 82.2 Å². The van der Waals surface area contributed by atoms with Crippen molar-refractivity contribution in [3.05, 3.63) is 45.5 Å². The summed E-state index contributed by atoms with van der Waals surface area (Å²) in [6.45, 7) is 1.81. The van der Waals surface area contributed by atoms with E-state index < -0.39 is 22.8 Å². The average Bonchev–Trinajstić information content (AvgIpc) is 2.79. The summed E-state index contributed by atoms with van der Waals surface area (Å²) in [6, 6.07) is 2.47. The predicted octanol–water partition coefficient (Wildman–Crippen LogP) is 2.79. The van der Waals surface area contributed by atoms with E-state index in [1.54, 1.807) is 6.92 Å². The number of rotatable bonds is 3. The standard InChI is InChI=1S/C19H23FN2O3/c1-12-8-13(20)9-14-16(12)21-10-15(17(14)23)18(24)22-11-19(25)6-4-2-3-5-7-19/h8-10,25H,2-7,11H2,1H3,(H,21,23)(H,22,24). The lowest BCUT2D eigenvalue weighted by atomic mass is 9.94. The molecule has 0 unspecified atom stereocenters. The second-order valence-corrected chi connectivity index (χ2v) is 7.00. The molecule has 1 heterocycles. The molecule has 1 aliphatic rings. The van der Waals surface area contributed by atoms with Crippen LogP contribution in [0.15, 0.2) is 23.1 Å². The van der Waals surface area contributed by atoms with Gasteiger partial charge in [0.1, 0.15) is 11.4 Å². The highest BCUT2D eigenvalue weighted by atomic mass is 19.1. The van der Waals surface area contributed by atoms with E-state index in [0.717, 1.165) is 31.7 Å². The van der Waals surface area contributed by atoms with E-state index in [0.29, 0.717) is 23.9 Å². The number of benzene rings is 1. The first kappa shape index (κ1) is 17.6. The van der Waals surface area contributed by atoms with Gasteiger partial charge in [-0.2, -0.15) is 0 Å². The van der Waals surface area contributed by atoms with E-state index in [1.807, 2.05) is 0 Å². The molecule has 0 radical (unpaired) electrons. The molecule has 3 N–H and O–H groups in total. The third-order valence-corrected chi connectivity index (χ3v) is 5.01. The monoisotopic (exact) mass is 346 g/mol. The number of aromatic amines is 1. The van der Waals surface area contributed by atoms with Crippen LogP contribution in [-0.4, -0.2) is 28.1 Å². The molecule has 0 aliphatic heterocycles. The van der Waals surface area contributed by atoms with Crippen LogP contribution in [0.2, 0.25) is 0 Å². The van der Waals surface area contributed by atoms with Crippen LogP contribution in [0.3, 0.4) is 0 Å². The van der Waals surface area contributed by atoms with Crippen LogP contribution < -0.4 is 10.7 Å². The number of hydrogen-bond acceptors (Lipinski definition) is 3. The SMILES string of the molecule is Cc1cc(F)cc2c(=O)c(C(=O)NCC3(O)CCCCCC3)c[nH]c12. The molecule has 0 spiro atoms. The van der Waals surface area contributed by atoms with Gasteiger partial charge in [-0.05, 0) is 37.5 Å². The third kappa shape index (κ3) is 3.74. The highest BCUT2D eigenvalue weighted by molar-refractivity contribution is 5.97. The van der Waals surface area contributed by atoms with Crippen molar-refractivity contribution >= 4 is 16.8 Å². The Morgan fingerprint density at radius 1 is 1.28 bits per heavy atom. The fourth-order valence-electron chi connectivity index (χ4n) is 3.54. The molecule has 0 bridgehead atoms. The van der Waals surface area contributed by atoms with Gasteiger partial charge in [-0.25, -0.2) is 4.39 Å². The second-order valence-electron chi connectivity index (χ2n) is 7.00. The Hall–Kier alpha value is -2.21. The van der Waals surface area contributed by atoms with Gasteiger partial charge < -0.3 is 15.4 Å². The Balaban J connectivity index is 1.83. The number of aromatic nitrogens is 1. The summed E-state index contributed by atoms with van der Waals surface area (Å²) in [5.74, 6) is -1.07. The van der Waals surface area contributed by atoms with Crippen LogP contribution in [0.1, 0.15) is 54.4 Å². The minimum absolute atomic E-state index is 0.0743. The van der Waals surface area contributed by atoms with E-state index in [9.17, 15) is 19.1 Å². The summed E-state index contributed by atoms with van der Waals surface area (Å²) < 4.78 is 13.6. The van der Waals surface area contributed by atoms with E-state index in [1.165, 1.54) is 12.3 Å². The number of amides is 1. The molecule has 1 aromatic heterocycles. The maximum Gasteiger partial charge on any atom is 0.256 e. The molecule has 0 saturated heterocycles. The number of hydrogen-bond donors (Lipinski definition) is 3. The summed E-state index contributed by atoms with van der Waals surface area (Å²) in [7, 11) is 0. The van der Waals surface area contributed by atoms with Crippen molar-refractivity contribution in [2.75, 3.05) is 6.54 Å². The summed E-state index contributed by atoms with van der Waals surface area (Å²) in [5, 5.41) is 13.4. The van der Waals surface area contributed by atoms with Crippen molar-refractivity contribution in [1.82, 2.24) is 10.3 Å². The van der Waals surface area contributed by atoms with Crippen LogP contribution in [0.4, 0.5) is 4.39 Å².